The zero-order valence-corrected chi connectivity index (χ0v) is 19.6. The second-order valence-electron chi connectivity index (χ2n) is 8.18. The van der Waals surface area contributed by atoms with Gasteiger partial charge in [-0.25, -0.2) is 15.1 Å². The highest BCUT2D eigenvalue weighted by atomic mass is 16.6. The molecule has 0 aliphatic heterocycles. The van der Waals surface area contributed by atoms with E-state index >= 15 is 0 Å². The highest BCUT2D eigenvalue weighted by molar-refractivity contribution is 6.08. The molecule has 37 heavy (non-hydrogen) atoms. The number of phenolic OH excluding ortho intramolecular Hbond substituents is 1. The molecule has 0 aliphatic rings. The van der Waals surface area contributed by atoms with E-state index in [9.17, 15) is 20.0 Å². The molecule has 2 N–H and O–H groups in total. The first kappa shape index (κ1) is 23.4. The maximum absolute atomic E-state index is 13.3. The Morgan fingerprint density at radius 2 is 1.76 bits per heavy atom. The first-order chi connectivity index (χ1) is 17.9. The van der Waals surface area contributed by atoms with Crippen molar-refractivity contribution in [2.75, 3.05) is 0 Å². The molecule has 0 saturated heterocycles. The lowest BCUT2D eigenvalue weighted by Gasteiger charge is -2.09. The molecule has 10 nitrogen and oxygen atoms in total. The van der Waals surface area contributed by atoms with E-state index in [1.165, 1.54) is 30.5 Å². The number of aromatic hydroxyl groups is 1. The van der Waals surface area contributed by atoms with E-state index < -0.39 is 10.8 Å². The zero-order chi connectivity index (χ0) is 25.9. The molecular weight excluding hydrogens is 472 g/mol. The van der Waals surface area contributed by atoms with E-state index in [-0.39, 0.29) is 11.4 Å². The molecule has 0 spiro atoms. The molecule has 0 saturated carbocycles. The molecular formula is C27H20N6O4. The summed E-state index contributed by atoms with van der Waals surface area (Å²) in [5.41, 5.74) is 6.55. The van der Waals surface area contributed by atoms with Crippen molar-refractivity contribution in [3.63, 3.8) is 0 Å². The number of hydrogen-bond acceptors (Lipinski definition) is 7. The number of pyridine rings is 1. The molecule has 0 unspecified atom stereocenters. The van der Waals surface area contributed by atoms with Crippen LogP contribution in [0.5, 0.6) is 5.75 Å². The molecule has 0 fully saturated rings. The second-order valence-corrected chi connectivity index (χ2v) is 8.18. The van der Waals surface area contributed by atoms with Crippen LogP contribution in [0.2, 0.25) is 0 Å². The van der Waals surface area contributed by atoms with Crippen LogP contribution < -0.4 is 5.43 Å². The van der Waals surface area contributed by atoms with Crippen LogP contribution in [0.1, 0.15) is 21.6 Å². The van der Waals surface area contributed by atoms with Crippen LogP contribution in [0.15, 0.2) is 90.0 Å². The third kappa shape index (κ3) is 4.76. The highest BCUT2D eigenvalue weighted by Gasteiger charge is 2.21. The number of hydrogen-bond donors (Lipinski definition) is 2. The Hall–Kier alpha value is -5.38. The zero-order valence-electron chi connectivity index (χ0n) is 19.6. The van der Waals surface area contributed by atoms with Crippen molar-refractivity contribution < 1.29 is 14.8 Å². The number of phenols is 1. The van der Waals surface area contributed by atoms with Gasteiger partial charge in [0.15, 0.2) is 5.65 Å². The van der Waals surface area contributed by atoms with Gasteiger partial charge in [-0.05, 0) is 67.1 Å². The van der Waals surface area contributed by atoms with Crippen LogP contribution in [0.4, 0.5) is 5.69 Å². The van der Waals surface area contributed by atoms with Gasteiger partial charge < -0.3 is 5.11 Å². The standard InChI is InChI=1S/C27H20N6O4/c1-17-25-23(27(35)30-28-16-18-7-11-21(12-8-18)33(36)37)15-24(19-9-13-22(34)14-10-19)29-26(25)32(31-17)20-5-3-2-4-6-20/h2-16,34H,1H3,(H,30,35). The number of aromatic nitrogens is 3. The quantitative estimate of drug-likeness (QED) is 0.199. The van der Waals surface area contributed by atoms with E-state index in [0.717, 1.165) is 5.69 Å². The Kier molecular flexibility index (Phi) is 6.13. The number of nitrogens with zero attached hydrogens (tertiary/aromatic N) is 5. The number of benzene rings is 3. The van der Waals surface area contributed by atoms with Crippen LogP contribution >= 0.6 is 0 Å². The topological polar surface area (TPSA) is 136 Å². The Balaban J connectivity index is 1.56. The average molecular weight is 492 g/mol. The maximum atomic E-state index is 13.3. The number of carbonyl (C=O) groups excluding carboxylic acids is 1. The number of hydrazone groups is 1. The van der Waals surface area contributed by atoms with Gasteiger partial charge in [-0.2, -0.15) is 10.2 Å². The van der Waals surface area contributed by atoms with Crippen molar-refractivity contribution in [2.45, 2.75) is 6.92 Å². The molecule has 182 valence electrons. The molecule has 0 atom stereocenters. The number of aryl methyl sites for hydroxylation is 1. The van der Waals surface area contributed by atoms with Crippen molar-refractivity contribution >= 4 is 28.8 Å². The second kappa shape index (κ2) is 9.70. The van der Waals surface area contributed by atoms with Crippen molar-refractivity contribution in [1.29, 1.82) is 0 Å². The summed E-state index contributed by atoms with van der Waals surface area (Å²) in [5, 5.41) is 29.8. The van der Waals surface area contributed by atoms with Gasteiger partial charge in [0.25, 0.3) is 11.6 Å². The molecule has 1 amide bonds. The minimum atomic E-state index is -0.485. The van der Waals surface area contributed by atoms with Gasteiger partial charge in [0.1, 0.15) is 5.75 Å². The Morgan fingerprint density at radius 1 is 1.05 bits per heavy atom. The average Bonchev–Trinajstić information content (AvgIpc) is 3.25. The summed E-state index contributed by atoms with van der Waals surface area (Å²) in [6.07, 6.45) is 1.40. The Labute approximate surface area is 210 Å². The minimum absolute atomic E-state index is 0.0342. The van der Waals surface area contributed by atoms with Gasteiger partial charge in [0.05, 0.1) is 39.2 Å². The van der Waals surface area contributed by atoms with Gasteiger partial charge in [-0.3, -0.25) is 14.9 Å². The number of nitro benzene ring substituents is 1. The van der Waals surface area contributed by atoms with Crippen molar-refractivity contribution in [2.24, 2.45) is 5.10 Å². The largest absolute Gasteiger partial charge is 0.508 e. The lowest BCUT2D eigenvalue weighted by atomic mass is 10.0. The molecule has 5 rings (SSSR count). The molecule has 5 aromatic rings. The highest BCUT2D eigenvalue weighted by Crippen LogP contribution is 2.29. The molecule has 0 radical (unpaired) electrons. The molecule has 3 aromatic carbocycles. The van der Waals surface area contributed by atoms with Crippen LogP contribution in [0, 0.1) is 17.0 Å². The fourth-order valence-corrected chi connectivity index (χ4v) is 3.91. The Morgan fingerprint density at radius 3 is 2.43 bits per heavy atom. The minimum Gasteiger partial charge on any atom is -0.508 e. The third-order valence-electron chi connectivity index (χ3n) is 5.70. The van der Waals surface area contributed by atoms with Gasteiger partial charge in [-0.15, -0.1) is 0 Å². The summed E-state index contributed by atoms with van der Waals surface area (Å²) < 4.78 is 1.69. The summed E-state index contributed by atoms with van der Waals surface area (Å²) in [4.78, 5) is 28.5. The third-order valence-corrected chi connectivity index (χ3v) is 5.70. The summed E-state index contributed by atoms with van der Waals surface area (Å²) in [6, 6.07) is 23.5. The smallest absolute Gasteiger partial charge is 0.272 e. The lowest BCUT2D eigenvalue weighted by molar-refractivity contribution is -0.384. The number of nitro groups is 1. The number of para-hydroxylation sites is 1. The van der Waals surface area contributed by atoms with E-state index in [1.807, 2.05) is 30.3 Å². The van der Waals surface area contributed by atoms with Gasteiger partial charge >= 0.3 is 0 Å². The molecule has 0 aliphatic carbocycles. The summed E-state index contributed by atoms with van der Waals surface area (Å²) in [5.74, 6) is -0.352. The first-order valence-corrected chi connectivity index (χ1v) is 11.2. The predicted molar refractivity (Wildman–Crippen MR) is 139 cm³/mol. The van der Waals surface area contributed by atoms with Crippen LogP contribution in [-0.4, -0.2) is 36.9 Å². The number of nitrogens with one attached hydrogen (secondary N) is 1. The number of fused-ring (bicyclic) bond motifs is 1. The first-order valence-electron chi connectivity index (χ1n) is 11.2. The molecule has 2 aromatic heterocycles. The number of non-ortho nitro benzene ring substituents is 1. The summed E-state index contributed by atoms with van der Waals surface area (Å²) >= 11 is 0. The van der Waals surface area contributed by atoms with E-state index in [1.54, 1.807) is 41.9 Å². The van der Waals surface area contributed by atoms with Crippen molar-refractivity contribution in [3.8, 4) is 22.7 Å². The number of rotatable bonds is 6. The van der Waals surface area contributed by atoms with E-state index in [4.69, 9.17) is 4.98 Å². The van der Waals surface area contributed by atoms with Crippen LogP contribution in [0.25, 0.3) is 28.0 Å². The lowest BCUT2D eigenvalue weighted by Crippen LogP contribution is -2.18. The summed E-state index contributed by atoms with van der Waals surface area (Å²) in [6.45, 7) is 1.81. The van der Waals surface area contributed by atoms with Crippen LogP contribution in [0.3, 0.4) is 0 Å². The fourth-order valence-electron chi connectivity index (χ4n) is 3.91. The SMILES string of the molecule is Cc1nn(-c2ccccc2)c2nc(-c3ccc(O)cc3)cc(C(=O)NN=Cc3ccc([N+](=O)[O-])cc3)c12. The molecule has 10 heteroatoms. The number of amides is 1. The fraction of sp³-hybridized carbons (Fsp3) is 0.0370. The predicted octanol–water partition coefficient (Wildman–Crippen LogP) is 4.77. The van der Waals surface area contributed by atoms with E-state index in [2.05, 4.69) is 15.6 Å². The molecule has 2 heterocycles. The number of carbonyl (C=O) groups is 1. The maximum Gasteiger partial charge on any atom is 0.272 e. The van der Waals surface area contributed by atoms with Gasteiger partial charge in [-0.1, -0.05) is 18.2 Å². The van der Waals surface area contributed by atoms with Crippen molar-refractivity contribution in [1.82, 2.24) is 20.2 Å². The van der Waals surface area contributed by atoms with Crippen LogP contribution in [-0.2, 0) is 0 Å². The molecule has 0 bridgehead atoms. The summed E-state index contributed by atoms with van der Waals surface area (Å²) in [7, 11) is 0. The van der Waals surface area contributed by atoms with Crippen molar-refractivity contribution in [3.05, 3.63) is 112 Å². The van der Waals surface area contributed by atoms with E-state index in [0.29, 0.717) is 39.1 Å². The van der Waals surface area contributed by atoms with Gasteiger partial charge in [0, 0.05) is 17.7 Å². The monoisotopic (exact) mass is 492 g/mol. The Bertz CT molecular complexity index is 1640. The normalized spacial score (nSPS) is 11.2. The van der Waals surface area contributed by atoms with Gasteiger partial charge in [0.2, 0.25) is 0 Å².